The highest BCUT2D eigenvalue weighted by atomic mass is 16.5. The number of amides is 3. The summed E-state index contributed by atoms with van der Waals surface area (Å²) >= 11 is 0. The van der Waals surface area contributed by atoms with Crippen molar-refractivity contribution in [3.8, 4) is 5.75 Å². The standard InChI is InChI=1S/C23H29N5O4/c1-23(22(31)25-16-6-4-5-7-16)14-28-19(21(30)27(23)2)12-18(26-28)20(29)24-13-15-8-10-17(32-3)11-9-15/h8-12,16H,4-7,13-14H2,1-3H3,(H,24,29)(H,25,31). The lowest BCUT2D eigenvalue weighted by Gasteiger charge is -2.41. The van der Waals surface area contributed by atoms with Crippen molar-refractivity contribution >= 4 is 17.7 Å². The molecule has 2 heterocycles. The zero-order chi connectivity index (χ0) is 22.9. The average Bonchev–Trinajstić information content (AvgIpc) is 3.46. The van der Waals surface area contributed by atoms with Crippen LogP contribution >= 0.6 is 0 Å². The molecule has 2 N–H and O–H groups in total. The number of nitrogens with one attached hydrogen (secondary N) is 2. The first-order valence-electron chi connectivity index (χ1n) is 10.9. The van der Waals surface area contributed by atoms with Crippen molar-refractivity contribution in [3.63, 3.8) is 0 Å². The maximum atomic E-state index is 13.1. The van der Waals surface area contributed by atoms with Crippen LogP contribution in [0.25, 0.3) is 0 Å². The van der Waals surface area contributed by atoms with Gasteiger partial charge in [0.25, 0.3) is 11.8 Å². The van der Waals surface area contributed by atoms with Gasteiger partial charge in [0, 0.05) is 25.7 Å². The van der Waals surface area contributed by atoms with Gasteiger partial charge in [-0.05, 0) is 37.5 Å². The second kappa shape index (κ2) is 8.64. The number of ether oxygens (including phenoxy) is 1. The van der Waals surface area contributed by atoms with Crippen LogP contribution < -0.4 is 15.4 Å². The zero-order valence-electron chi connectivity index (χ0n) is 18.7. The smallest absolute Gasteiger partial charge is 0.272 e. The van der Waals surface area contributed by atoms with Gasteiger partial charge in [-0.15, -0.1) is 0 Å². The third-order valence-corrected chi connectivity index (χ3v) is 6.53. The fourth-order valence-corrected chi connectivity index (χ4v) is 4.27. The summed E-state index contributed by atoms with van der Waals surface area (Å²) in [5.74, 6) is -0.159. The van der Waals surface area contributed by atoms with Gasteiger partial charge in [-0.25, -0.2) is 0 Å². The van der Waals surface area contributed by atoms with E-state index >= 15 is 0 Å². The van der Waals surface area contributed by atoms with E-state index < -0.39 is 5.54 Å². The van der Waals surface area contributed by atoms with Crippen LogP contribution in [0.3, 0.4) is 0 Å². The van der Waals surface area contributed by atoms with Crippen LogP contribution in [0.15, 0.2) is 30.3 Å². The minimum absolute atomic E-state index is 0.149. The Kier molecular flexibility index (Phi) is 5.90. The van der Waals surface area contributed by atoms with Crippen molar-refractivity contribution in [2.75, 3.05) is 14.2 Å². The van der Waals surface area contributed by atoms with Crippen LogP contribution in [0.1, 0.15) is 59.1 Å². The van der Waals surface area contributed by atoms with Crippen molar-refractivity contribution in [1.29, 1.82) is 0 Å². The maximum absolute atomic E-state index is 13.1. The molecule has 32 heavy (non-hydrogen) atoms. The first kappa shape index (κ1) is 21.9. The van der Waals surface area contributed by atoms with Crippen LogP contribution in [0, 0.1) is 0 Å². The molecule has 1 aliphatic carbocycles. The Balaban J connectivity index is 1.46. The summed E-state index contributed by atoms with van der Waals surface area (Å²) in [6.45, 7) is 2.25. The van der Waals surface area contributed by atoms with Gasteiger partial charge >= 0.3 is 0 Å². The summed E-state index contributed by atoms with van der Waals surface area (Å²) < 4.78 is 6.61. The molecule has 1 atom stereocenters. The highest BCUT2D eigenvalue weighted by Crippen LogP contribution is 2.27. The van der Waals surface area contributed by atoms with E-state index in [0.29, 0.717) is 12.2 Å². The second-order valence-electron chi connectivity index (χ2n) is 8.70. The van der Waals surface area contributed by atoms with E-state index in [-0.39, 0.29) is 36.0 Å². The number of nitrogens with zero attached hydrogens (tertiary/aromatic N) is 3. The van der Waals surface area contributed by atoms with Gasteiger partial charge in [-0.2, -0.15) is 5.10 Å². The predicted octanol–water partition coefficient (Wildman–Crippen LogP) is 1.72. The monoisotopic (exact) mass is 439 g/mol. The van der Waals surface area contributed by atoms with Crippen LogP contribution in [0.5, 0.6) is 5.75 Å². The van der Waals surface area contributed by atoms with Crippen LogP contribution in [0.4, 0.5) is 0 Å². The summed E-state index contributed by atoms with van der Waals surface area (Å²) in [6.07, 6.45) is 4.14. The molecule has 2 aliphatic rings. The van der Waals surface area contributed by atoms with Gasteiger partial charge in [-0.3, -0.25) is 19.1 Å². The molecule has 1 aromatic heterocycles. The van der Waals surface area contributed by atoms with Gasteiger partial charge in [0.1, 0.15) is 17.0 Å². The SMILES string of the molecule is COc1ccc(CNC(=O)c2cc3n(n2)CC(C)(C(=O)NC2CCCC2)N(C)C3=O)cc1. The van der Waals surface area contributed by atoms with Crippen molar-refractivity contribution < 1.29 is 19.1 Å². The molecule has 4 rings (SSSR count). The molecule has 0 radical (unpaired) electrons. The Morgan fingerprint density at radius 3 is 2.56 bits per heavy atom. The Labute approximate surface area is 187 Å². The summed E-state index contributed by atoms with van der Waals surface area (Å²) in [5, 5.41) is 10.2. The first-order chi connectivity index (χ1) is 15.3. The Morgan fingerprint density at radius 2 is 1.91 bits per heavy atom. The second-order valence-corrected chi connectivity index (χ2v) is 8.70. The highest BCUT2D eigenvalue weighted by molar-refractivity contribution is 6.01. The fraction of sp³-hybridized carbons (Fsp3) is 0.478. The van der Waals surface area contributed by atoms with E-state index in [2.05, 4.69) is 15.7 Å². The number of hydrogen-bond donors (Lipinski definition) is 2. The third-order valence-electron chi connectivity index (χ3n) is 6.53. The van der Waals surface area contributed by atoms with E-state index in [1.54, 1.807) is 21.1 Å². The predicted molar refractivity (Wildman–Crippen MR) is 117 cm³/mol. The molecule has 3 amide bonds. The topological polar surface area (TPSA) is 106 Å². The van der Waals surface area contributed by atoms with E-state index in [1.165, 1.54) is 15.6 Å². The minimum Gasteiger partial charge on any atom is -0.497 e. The van der Waals surface area contributed by atoms with E-state index in [9.17, 15) is 14.4 Å². The lowest BCUT2D eigenvalue weighted by Crippen LogP contribution is -2.63. The van der Waals surface area contributed by atoms with Crippen molar-refractivity contribution in [1.82, 2.24) is 25.3 Å². The lowest BCUT2D eigenvalue weighted by atomic mass is 9.95. The van der Waals surface area contributed by atoms with E-state index in [1.807, 2.05) is 24.3 Å². The maximum Gasteiger partial charge on any atom is 0.272 e. The van der Waals surface area contributed by atoms with Gasteiger partial charge in [0.15, 0.2) is 5.69 Å². The lowest BCUT2D eigenvalue weighted by molar-refractivity contribution is -0.133. The zero-order valence-corrected chi connectivity index (χ0v) is 18.7. The number of methoxy groups -OCH3 is 1. The molecular weight excluding hydrogens is 410 g/mol. The molecule has 0 bridgehead atoms. The fourth-order valence-electron chi connectivity index (χ4n) is 4.27. The van der Waals surface area contributed by atoms with Crippen LogP contribution in [-0.2, 0) is 17.9 Å². The van der Waals surface area contributed by atoms with E-state index in [0.717, 1.165) is 37.0 Å². The number of carbonyl (C=O) groups excluding carboxylic acids is 3. The molecular formula is C23H29N5O4. The summed E-state index contributed by atoms with van der Waals surface area (Å²) in [7, 11) is 3.22. The average molecular weight is 440 g/mol. The van der Waals surface area contributed by atoms with Gasteiger partial charge in [-0.1, -0.05) is 25.0 Å². The number of benzene rings is 1. The number of hydrogen-bond acceptors (Lipinski definition) is 5. The van der Waals surface area contributed by atoms with Gasteiger partial charge in [0.2, 0.25) is 5.91 Å². The quantitative estimate of drug-likeness (QED) is 0.713. The number of rotatable bonds is 6. The number of fused-ring (bicyclic) bond motifs is 1. The Hall–Kier alpha value is -3.36. The van der Waals surface area contributed by atoms with Gasteiger partial charge in [0.05, 0.1) is 13.7 Å². The molecule has 9 nitrogen and oxygen atoms in total. The van der Waals surface area contributed by atoms with Crippen LogP contribution in [0.2, 0.25) is 0 Å². The summed E-state index contributed by atoms with van der Waals surface area (Å²) in [6, 6.07) is 9.01. The van der Waals surface area contributed by atoms with Crippen LogP contribution in [-0.4, -0.2) is 58.1 Å². The van der Waals surface area contributed by atoms with E-state index in [4.69, 9.17) is 4.74 Å². The summed E-state index contributed by atoms with van der Waals surface area (Å²) in [4.78, 5) is 40.2. The number of carbonyl (C=O) groups is 3. The molecule has 1 saturated carbocycles. The van der Waals surface area contributed by atoms with Crippen molar-refractivity contribution in [2.24, 2.45) is 0 Å². The summed E-state index contributed by atoms with van der Waals surface area (Å²) in [5.41, 5.74) is 0.286. The molecule has 1 fully saturated rings. The third kappa shape index (κ3) is 4.06. The normalized spacial score (nSPS) is 20.7. The Morgan fingerprint density at radius 1 is 1.22 bits per heavy atom. The molecule has 1 aromatic carbocycles. The highest BCUT2D eigenvalue weighted by Gasteiger charge is 2.46. The Bertz CT molecular complexity index is 1030. The molecule has 2 aromatic rings. The molecule has 9 heteroatoms. The minimum atomic E-state index is -1.07. The molecule has 0 spiro atoms. The van der Waals surface area contributed by atoms with Crippen molar-refractivity contribution in [2.45, 2.75) is 57.3 Å². The van der Waals surface area contributed by atoms with Gasteiger partial charge < -0.3 is 20.3 Å². The molecule has 1 unspecified atom stereocenters. The first-order valence-corrected chi connectivity index (χ1v) is 10.9. The van der Waals surface area contributed by atoms with Crippen molar-refractivity contribution in [3.05, 3.63) is 47.3 Å². The molecule has 0 saturated heterocycles. The molecule has 1 aliphatic heterocycles. The number of likely N-dealkylation sites (N-methyl/N-ethyl adjacent to an activating group) is 1. The largest absolute Gasteiger partial charge is 0.497 e. The molecule has 170 valence electrons. The number of aromatic nitrogens is 2.